The molecule has 122 valence electrons. The molecule has 5 nitrogen and oxygen atoms in total. The van der Waals surface area contributed by atoms with Crippen molar-refractivity contribution in [2.24, 2.45) is 0 Å². The standard InChI is InChI=1S/C17H12Cl2N2O3/c1-10(16(22)21-12-5-2-4-11(8-12)9-20)24-17(23)15-13(18)6-3-7-14(15)19/h2-8,10H,1H3,(H,21,22). The molecule has 0 saturated carbocycles. The molecule has 0 aliphatic carbocycles. The number of esters is 1. The van der Waals surface area contributed by atoms with Crippen LogP contribution in [0.2, 0.25) is 10.0 Å². The minimum Gasteiger partial charge on any atom is -0.449 e. The van der Waals surface area contributed by atoms with E-state index in [1.807, 2.05) is 6.07 Å². The second-order valence-corrected chi connectivity index (χ2v) is 5.64. The molecule has 0 aliphatic rings. The Labute approximate surface area is 148 Å². The number of hydrogen-bond acceptors (Lipinski definition) is 4. The summed E-state index contributed by atoms with van der Waals surface area (Å²) < 4.78 is 5.10. The van der Waals surface area contributed by atoms with Gasteiger partial charge < -0.3 is 10.1 Å². The molecule has 0 spiro atoms. The first kappa shape index (κ1) is 17.8. The van der Waals surface area contributed by atoms with Crippen LogP contribution in [-0.4, -0.2) is 18.0 Å². The maximum atomic E-state index is 12.1. The van der Waals surface area contributed by atoms with E-state index in [0.29, 0.717) is 11.3 Å². The average Bonchev–Trinajstić information content (AvgIpc) is 2.54. The van der Waals surface area contributed by atoms with Crippen LogP contribution < -0.4 is 5.32 Å². The molecule has 2 aromatic carbocycles. The largest absolute Gasteiger partial charge is 0.449 e. The van der Waals surface area contributed by atoms with E-state index in [1.165, 1.54) is 25.1 Å². The molecule has 1 unspecified atom stereocenters. The summed E-state index contributed by atoms with van der Waals surface area (Å²) in [5, 5.41) is 11.7. The molecule has 0 saturated heterocycles. The summed E-state index contributed by atoms with van der Waals surface area (Å²) in [6.07, 6.45) is -1.07. The Hall–Kier alpha value is -2.55. The number of benzene rings is 2. The fourth-order valence-corrected chi connectivity index (χ4v) is 2.43. The van der Waals surface area contributed by atoms with Gasteiger partial charge in [0, 0.05) is 5.69 Å². The van der Waals surface area contributed by atoms with Crippen molar-refractivity contribution in [3.05, 3.63) is 63.6 Å². The molecule has 0 heterocycles. The molecule has 2 rings (SSSR count). The summed E-state index contributed by atoms with van der Waals surface area (Å²) in [6, 6.07) is 12.9. The summed E-state index contributed by atoms with van der Waals surface area (Å²) in [4.78, 5) is 24.3. The third-order valence-corrected chi connectivity index (χ3v) is 3.71. The molecule has 7 heteroatoms. The van der Waals surface area contributed by atoms with Gasteiger partial charge >= 0.3 is 5.97 Å². The lowest BCUT2D eigenvalue weighted by molar-refractivity contribution is -0.123. The molecule has 1 amide bonds. The monoisotopic (exact) mass is 362 g/mol. The number of nitriles is 1. The average molecular weight is 363 g/mol. The van der Waals surface area contributed by atoms with Gasteiger partial charge in [-0.3, -0.25) is 4.79 Å². The van der Waals surface area contributed by atoms with Crippen LogP contribution in [-0.2, 0) is 9.53 Å². The minimum absolute atomic E-state index is 0.00645. The number of anilines is 1. The summed E-state index contributed by atoms with van der Waals surface area (Å²) in [6.45, 7) is 1.42. The minimum atomic E-state index is -1.07. The summed E-state index contributed by atoms with van der Waals surface area (Å²) in [5.74, 6) is -1.33. The van der Waals surface area contributed by atoms with Gasteiger partial charge in [-0.15, -0.1) is 0 Å². The van der Waals surface area contributed by atoms with E-state index in [0.717, 1.165) is 0 Å². The fraction of sp³-hybridized carbons (Fsp3) is 0.118. The smallest absolute Gasteiger partial charge is 0.341 e. The lowest BCUT2D eigenvalue weighted by atomic mass is 10.2. The molecular formula is C17H12Cl2N2O3. The van der Waals surface area contributed by atoms with Crippen molar-refractivity contribution in [1.29, 1.82) is 5.26 Å². The maximum absolute atomic E-state index is 12.1. The van der Waals surface area contributed by atoms with Gasteiger partial charge in [0.1, 0.15) is 0 Å². The van der Waals surface area contributed by atoms with E-state index in [2.05, 4.69) is 5.32 Å². The van der Waals surface area contributed by atoms with Crippen LogP contribution in [0.4, 0.5) is 5.69 Å². The first-order valence-corrected chi connectivity index (χ1v) is 7.64. The lowest BCUT2D eigenvalue weighted by Gasteiger charge is -2.14. The number of hydrogen-bond donors (Lipinski definition) is 1. The van der Waals surface area contributed by atoms with Gasteiger partial charge in [-0.1, -0.05) is 35.3 Å². The van der Waals surface area contributed by atoms with Gasteiger partial charge in [0.25, 0.3) is 5.91 Å². The van der Waals surface area contributed by atoms with E-state index >= 15 is 0 Å². The van der Waals surface area contributed by atoms with Crippen molar-refractivity contribution in [3.8, 4) is 6.07 Å². The third kappa shape index (κ3) is 4.25. The molecule has 24 heavy (non-hydrogen) atoms. The zero-order chi connectivity index (χ0) is 17.7. The SMILES string of the molecule is CC(OC(=O)c1c(Cl)cccc1Cl)C(=O)Nc1cccc(C#N)c1. The van der Waals surface area contributed by atoms with Crippen molar-refractivity contribution in [3.63, 3.8) is 0 Å². The van der Waals surface area contributed by atoms with Crippen LogP contribution in [0.3, 0.4) is 0 Å². The third-order valence-electron chi connectivity index (χ3n) is 3.08. The zero-order valence-corrected chi connectivity index (χ0v) is 14.1. The lowest BCUT2D eigenvalue weighted by Crippen LogP contribution is -2.30. The number of halogens is 2. The molecule has 0 bridgehead atoms. The molecule has 1 atom stereocenters. The Morgan fingerprint density at radius 2 is 1.79 bits per heavy atom. The van der Waals surface area contributed by atoms with Gasteiger partial charge in [0.15, 0.2) is 6.10 Å². The van der Waals surface area contributed by atoms with Gasteiger partial charge in [-0.25, -0.2) is 4.79 Å². The molecule has 0 fully saturated rings. The van der Waals surface area contributed by atoms with E-state index in [1.54, 1.807) is 24.3 Å². The highest BCUT2D eigenvalue weighted by atomic mass is 35.5. The second kappa shape index (κ2) is 7.82. The Balaban J connectivity index is 2.06. The highest BCUT2D eigenvalue weighted by molar-refractivity contribution is 6.39. The van der Waals surface area contributed by atoms with Crippen molar-refractivity contribution in [2.75, 3.05) is 5.32 Å². The maximum Gasteiger partial charge on any atom is 0.341 e. The summed E-state index contributed by atoms with van der Waals surface area (Å²) >= 11 is 11.9. The van der Waals surface area contributed by atoms with Gasteiger partial charge in [-0.2, -0.15) is 5.26 Å². The predicted molar refractivity (Wildman–Crippen MR) is 91.1 cm³/mol. The van der Waals surface area contributed by atoms with Gasteiger partial charge in [0.2, 0.25) is 0 Å². The van der Waals surface area contributed by atoms with Crippen LogP contribution in [0.25, 0.3) is 0 Å². The van der Waals surface area contributed by atoms with Gasteiger partial charge in [0.05, 0.1) is 27.2 Å². The first-order valence-electron chi connectivity index (χ1n) is 6.88. The molecule has 0 aromatic heterocycles. The Kier molecular flexibility index (Phi) is 5.80. The van der Waals surface area contributed by atoms with E-state index < -0.39 is 18.0 Å². The fourth-order valence-electron chi connectivity index (χ4n) is 1.88. The van der Waals surface area contributed by atoms with Crippen LogP contribution in [0.1, 0.15) is 22.8 Å². The molecule has 0 radical (unpaired) electrons. The Morgan fingerprint density at radius 3 is 2.42 bits per heavy atom. The number of nitrogens with one attached hydrogen (secondary N) is 1. The Morgan fingerprint density at radius 1 is 1.17 bits per heavy atom. The molecule has 1 N–H and O–H groups in total. The highest BCUT2D eigenvalue weighted by Crippen LogP contribution is 2.25. The number of amides is 1. The topological polar surface area (TPSA) is 79.2 Å². The highest BCUT2D eigenvalue weighted by Gasteiger charge is 2.22. The van der Waals surface area contributed by atoms with Crippen LogP contribution in [0.15, 0.2) is 42.5 Å². The molecule has 0 aliphatic heterocycles. The van der Waals surface area contributed by atoms with Crippen molar-refractivity contribution in [2.45, 2.75) is 13.0 Å². The normalized spacial score (nSPS) is 11.2. The van der Waals surface area contributed by atoms with Crippen LogP contribution in [0, 0.1) is 11.3 Å². The second-order valence-electron chi connectivity index (χ2n) is 4.83. The number of rotatable bonds is 4. The van der Waals surface area contributed by atoms with Gasteiger partial charge in [-0.05, 0) is 37.3 Å². The van der Waals surface area contributed by atoms with Crippen LogP contribution in [0.5, 0.6) is 0 Å². The van der Waals surface area contributed by atoms with Crippen molar-refractivity contribution < 1.29 is 14.3 Å². The van der Waals surface area contributed by atoms with E-state index in [-0.39, 0.29) is 15.6 Å². The molecule has 2 aromatic rings. The Bertz CT molecular complexity index is 811. The number of ether oxygens (including phenoxy) is 1. The van der Waals surface area contributed by atoms with E-state index in [4.69, 9.17) is 33.2 Å². The zero-order valence-electron chi connectivity index (χ0n) is 12.5. The predicted octanol–water partition coefficient (Wildman–Crippen LogP) is 4.05. The van der Waals surface area contributed by atoms with Crippen molar-refractivity contribution >= 4 is 40.8 Å². The summed E-state index contributed by atoms with van der Waals surface area (Å²) in [7, 11) is 0. The first-order chi connectivity index (χ1) is 11.4. The number of carbonyl (C=O) groups excluding carboxylic acids is 2. The molecular weight excluding hydrogens is 351 g/mol. The van der Waals surface area contributed by atoms with Crippen molar-refractivity contribution in [1.82, 2.24) is 0 Å². The number of nitrogens with zero attached hydrogens (tertiary/aromatic N) is 1. The van der Waals surface area contributed by atoms with E-state index in [9.17, 15) is 9.59 Å². The quantitative estimate of drug-likeness (QED) is 0.832. The van der Waals surface area contributed by atoms with Crippen LogP contribution >= 0.6 is 23.2 Å². The summed E-state index contributed by atoms with van der Waals surface area (Å²) in [5.41, 5.74) is 0.838. The number of carbonyl (C=O) groups is 2.